The summed E-state index contributed by atoms with van der Waals surface area (Å²) in [5, 5.41) is 3.71. The zero-order chi connectivity index (χ0) is 13.8. The highest BCUT2D eigenvalue weighted by atomic mass is 127. The van der Waals surface area contributed by atoms with Gasteiger partial charge in [-0.25, -0.2) is 0 Å². The fraction of sp³-hybridized carbons (Fsp3) is 0.625. The molecule has 0 aromatic heterocycles. The first-order valence-electron chi connectivity index (χ1n) is 7.39. The van der Waals surface area contributed by atoms with Crippen LogP contribution in [0.4, 0.5) is 5.69 Å². The van der Waals surface area contributed by atoms with E-state index in [-0.39, 0.29) is 0 Å². The molecule has 2 nitrogen and oxygen atoms in total. The lowest BCUT2D eigenvalue weighted by molar-refractivity contribution is 0.271. The Hall–Kier alpha value is -0.290. The summed E-state index contributed by atoms with van der Waals surface area (Å²) in [6.07, 6.45) is 2.47. The molecule has 0 aliphatic carbocycles. The Labute approximate surface area is 131 Å². The SMILES string of the molecule is CCCNC1CCN(c2cccc(I)c2)C(C)C1C. The number of hydrogen-bond donors (Lipinski definition) is 1. The molecule has 106 valence electrons. The number of hydrogen-bond acceptors (Lipinski definition) is 2. The van der Waals surface area contributed by atoms with Gasteiger partial charge in [-0.05, 0) is 73.0 Å². The lowest BCUT2D eigenvalue weighted by atomic mass is 9.86. The molecule has 1 fully saturated rings. The van der Waals surface area contributed by atoms with E-state index < -0.39 is 0 Å². The molecular formula is C16H25IN2. The molecule has 0 spiro atoms. The second kappa shape index (κ2) is 6.93. The van der Waals surface area contributed by atoms with Gasteiger partial charge in [-0.1, -0.05) is 19.9 Å². The van der Waals surface area contributed by atoms with Gasteiger partial charge < -0.3 is 10.2 Å². The van der Waals surface area contributed by atoms with Crippen molar-refractivity contribution in [2.24, 2.45) is 5.92 Å². The van der Waals surface area contributed by atoms with Crippen molar-refractivity contribution in [3.05, 3.63) is 27.8 Å². The van der Waals surface area contributed by atoms with Gasteiger partial charge in [0.2, 0.25) is 0 Å². The van der Waals surface area contributed by atoms with E-state index in [2.05, 4.69) is 77.8 Å². The van der Waals surface area contributed by atoms with Gasteiger partial charge in [-0.3, -0.25) is 0 Å². The van der Waals surface area contributed by atoms with Crippen LogP contribution in [-0.2, 0) is 0 Å². The Bertz CT molecular complexity index is 407. The zero-order valence-corrected chi connectivity index (χ0v) is 14.4. The summed E-state index contributed by atoms with van der Waals surface area (Å²) < 4.78 is 1.32. The number of nitrogens with zero attached hydrogens (tertiary/aromatic N) is 1. The van der Waals surface area contributed by atoms with E-state index >= 15 is 0 Å². The van der Waals surface area contributed by atoms with E-state index in [1.165, 1.54) is 22.1 Å². The maximum absolute atomic E-state index is 3.71. The van der Waals surface area contributed by atoms with Crippen molar-refractivity contribution < 1.29 is 0 Å². The third-order valence-corrected chi connectivity index (χ3v) is 5.04. The average molecular weight is 372 g/mol. The number of benzene rings is 1. The summed E-state index contributed by atoms with van der Waals surface area (Å²) in [6, 6.07) is 10.1. The maximum atomic E-state index is 3.71. The molecule has 3 heteroatoms. The average Bonchev–Trinajstić information content (AvgIpc) is 2.40. The van der Waals surface area contributed by atoms with E-state index in [0.29, 0.717) is 18.0 Å². The van der Waals surface area contributed by atoms with Gasteiger partial charge in [0.1, 0.15) is 0 Å². The molecule has 1 heterocycles. The van der Waals surface area contributed by atoms with Crippen molar-refractivity contribution in [1.82, 2.24) is 5.32 Å². The van der Waals surface area contributed by atoms with Crippen molar-refractivity contribution in [2.75, 3.05) is 18.0 Å². The standard InChI is InChI=1S/C16H25IN2/c1-4-9-18-16-8-10-19(13(3)12(16)2)15-7-5-6-14(17)11-15/h5-7,11-13,16,18H,4,8-10H2,1-3H3. The van der Waals surface area contributed by atoms with E-state index in [0.717, 1.165) is 13.1 Å². The Kier molecular flexibility index (Phi) is 5.51. The monoisotopic (exact) mass is 372 g/mol. The predicted molar refractivity (Wildman–Crippen MR) is 91.8 cm³/mol. The largest absolute Gasteiger partial charge is 0.368 e. The van der Waals surface area contributed by atoms with Gasteiger partial charge in [0.25, 0.3) is 0 Å². The highest BCUT2D eigenvalue weighted by Gasteiger charge is 2.31. The normalized spacial score (nSPS) is 27.6. The van der Waals surface area contributed by atoms with Gasteiger partial charge >= 0.3 is 0 Å². The molecule has 19 heavy (non-hydrogen) atoms. The van der Waals surface area contributed by atoms with Crippen LogP contribution in [0, 0.1) is 9.49 Å². The quantitative estimate of drug-likeness (QED) is 0.807. The van der Waals surface area contributed by atoms with E-state index in [9.17, 15) is 0 Å². The van der Waals surface area contributed by atoms with Gasteiger partial charge in [-0.15, -0.1) is 0 Å². The summed E-state index contributed by atoms with van der Waals surface area (Å²) in [6.45, 7) is 9.29. The molecule has 1 aliphatic rings. The van der Waals surface area contributed by atoms with Crippen LogP contribution in [0.15, 0.2) is 24.3 Å². The molecule has 1 saturated heterocycles. The minimum absolute atomic E-state index is 0.598. The maximum Gasteiger partial charge on any atom is 0.0379 e. The van der Waals surface area contributed by atoms with Crippen molar-refractivity contribution in [1.29, 1.82) is 0 Å². The molecule has 0 radical (unpaired) electrons. The van der Waals surface area contributed by atoms with Gasteiger partial charge in [0.15, 0.2) is 0 Å². The Morgan fingerprint density at radius 3 is 2.84 bits per heavy atom. The number of halogens is 1. The predicted octanol–water partition coefficient (Wildman–Crippen LogP) is 3.89. The van der Waals surface area contributed by atoms with Crippen molar-refractivity contribution >= 4 is 28.3 Å². The molecule has 1 aliphatic heterocycles. The van der Waals surface area contributed by atoms with Crippen molar-refractivity contribution in [3.63, 3.8) is 0 Å². The van der Waals surface area contributed by atoms with Crippen LogP contribution in [-0.4, -0.2) is 25.2 Å². The highest BCUT2D eigenvalue weighted by Crippen LogP contribution is 2.29. The van der Waals surface area contributed by atoms with E-state index in [1.54, 1.807) is 0 Å². The van der Waals surface area contributed by atoms with Crippen LogP contribution in [0.3, 0.4) is 0 Å². The molecule has 3 unspecified atom stereocenters. The lowest BCUT2D eigenvalue weighted by Gasteiger charge is -2.44. The number of rotatable bonds is 4. The number of anilines is 1. The lowest BCUT2D eigenvalue weighted by Crippen LogP contribution is -2.53. The van der Waals surface area contributed by atoms with Crippen molar-refractivity contribution in [2.45, 2.75) is 45.7 Å². The van der Waals surface area contributed by atoms with Crippen molar-refractivity contribution in [3.8, 4) is 0 Å². The third-order valence-electron chi connectivity index (χ3n) is 4.36. The first-order chi connectivity index (χ1) is 9.13. The summed E-state index contributed by atoms with van der Waals surface area (Å²) in [5.74, 6) is 0.693. The summed E-state index contributed by atoms with van der Waals surface area (Å²) in [4.78, 5) is 2.57. The molecule has 0 bridgehead atoms. The Morgan fingerprint density at radius 1 is 1.37 bits per heavy atom. The van der Waals surface area contributed by atoms with Gasteiger partial charge in [-0.2, -0.15) is 0 Å². The smallest absolute Gasteiger partial charge is 0.0379 e. The van der Waals surface area contributed by atoms with Crippen LogP contribution < -0.4 is 10.2 Å². The van der Waals surface area contributed by atoms with E-state index in [1.807, 2.05) is 0 Å². The fourth-order valence-electron chi connectivity index (χ4n) is 3.00. The second-order valence-electron chi connectivity index (χ2n) is 5.62. The van der Waals surface area contributed by atoms with Crippen LogP contribution in [0.2, 0.25) is 0 Å². The minimum atomic E-state index is 0.598. The van der Waals surface area contributed by atoms with Crippen LogP contribution in [0.5, 0.6) is 0 Å². The van der Waals surface area contributed by atoms with Crippen LogP contribution in [0.25, 0.3) is 0 Å². The van der Waals surface area contributed by atoms with Gasteiger partial charge in [0.05, 0.1) is 0 Å². The van der Waals surface area contributed by atoms with Crippen LogP contribution >= 0.6 is 22.6 Å². The summed E-state index contributed by atoms with van der Waals surface area (Å²) in [7, 11) is 0. The molecule has 0 saturated carbocycles. The fourth-order valence-corrected chi connectivity index (χ4v) is 3.53. The van der Waals surface area contributed by atoms with E-state index in [4.69, 9.17) is 0 Å². The molecule has 0 amide bonds. The third kappa shape index (κ3) is 3.63. The van der Waals surface area contributed by atoms with Gasteiger partial charge in [0, 0.05) is 27.9 Å². The summed E-state index contributed by atoms with van der Waals surface area (Å²) in [5.41, 5.74) is 1.38. The number of nitrogens with one attached hydrogen (secondary N) is 1. The first kappa shape index (κ1) is 15.1. The molecule has 1 aromatic carbocycles. The zero-order valence-electron chi connectivity index (χ0n) is 12.2. The second-order valence-corrected chi connectivity index (χ2v) is 6.87. The first-order valence-corrected chi connectivity index (χ1v) is 8.47. The molecule has 1 aromatic rings. The Morgan fingerprint density at radius 2 is 2.16 bits per heavy atom. The molecule has 2 rings (SSSR count). The molecule has 1 N–H and O–H groups in total. The highest BCUT2D eigenvalue weighted by molar-refractivity contribution is 14.1. The molecular weight excluding hydrogens is 347 g/mol. The molecule has 3 atom stereocenters. The topological polar surface area (TPSA) is 15.3 Å². The van der Waals surface area contributed by atoms with Crippen LogP contribution in [0.1, 0.15) is 33.6 Å². The Balaban J connectivity index is 2.06. The summed E-state index contributed by atoms with van der Waals surface area (Å²) >= 11 is 2.40. The number of piperidine rings is 1. The minimum Gasteiger partial charge on any atom is -0.368 e.